The van der Waals surface area contributed by atoms with E-state index in [2.05, 4.69) is 5.32 Å². The van der Waals surface area contributed by atoms with Gasteiger partial charge in [-0.25, -0.2) is 4.79 Å². The van der Waals surface area contributed by atoms with Gasteiger partial charge >= 0.3 is 5.97 Å². The van der Waals surface area contributed by atoms with Crippen molar-refractivity contribution in [3.63, 3.8) is 0 Å². The second-order valence-corrected chi connectivity index (χ2v) is 5.82. The predicted octanol–water partition coefficient (Wildman–Crippen LogP) is 3.42. The number of halogens is 1. The standard InChI is InChI=1S/C17H15ClN2O6/c1-19-14-3-2-11(20(22)23)8-12(14)17(21)26-9-10-6-13(18)16-15(7-10)24-4-5-25-16/h2-3,6-8,19H,4-5,9H2,1H3. The fourth-order valence-electron chi connectivity index (χ4n) is 2.51. The minimum Gasteiger partial charge on any atom is -0.486 e. The van der Waals surface area contributed by atoms with E-state index in [9.17, 15) is 14.9 Å². The van der Waals surface area contributed by atoms with Gasteiger partial charge < -0.3 is 19.5 Å². The first kappa shape index (κ1) is 17.8. The van der Waals surface area contributed by atoms with Crippen molar-refractivity contribution in [1.29, 1.82) is 0 Å². The Morgan fingerprint density at radius 2 is 2.08 bits per heavy atom. The van der Waals surface area contributed by atoms with E-state index in [-0.39, 0.29) is 17.9 Å². The molecule has 9 heteroatoms. The number of nitro groups is 1. The lowest BCUT2D eigenvalue weighted by Gasteiger charge is -2.20. The molecule has 26 heavy (non-hydrogen) atoms. The maximum atomic E-state index is 12.4. The second-order valence-electron chi connectivity index (χ2n) is 5.41. The van der Waals surface area contributed by atoms with E-state index < -0.39 is 10.9 Å². The summed E-state index contributed by atoms with van der Waals surface area (Å²) in [6, 6.07) is 7.23. The molecule has 8 nitrogen and oxygen atoms in total. The molecule has 0 bridgehead atoms. The van der Waals surface area contributed by atoms with Gasteiger partial charge in [-0.2, -0.15) is 0 Å². The summed E-state index contributed by atoms with van der Waals surface area (Å²) in [7, 11) is 1.61. The van der Waals surface area contributed by atoms with E-state index in [0.717, 1.165) is 0 Å². The molecule has 0 amide bonds. The normalized spacial score (nSPS) is 12.4. The number of nitro benzene ring substituents is 1. The topological polar surface area (TPSA) is 99.9 Å². The number of hydrogen-bond acceptors (Lipinski definition) is 7. The summed E-state index contributed by atoms with van der Waals surface area (Å²) in [5, 5.41) is 14.1. The molecule has 0 aliphatic carbocycles. The average Bonchev–Trinajstić information content (AvgIpc) is 2.65. The summed E-state index contributed by atoms with van der Waals surface area (Å²) in [5.41, 5.74) is 0.925. The Labute approximate surface area is 153 Å². The van der Waals surface area contributed by atoms with Crippen molar-refractivity contribution in [3.8, 4) is 11.5 Å². The Morgan fingerprint density at radius 1 is 1.31 bits per heavy atom. The van der Waals surface area contributed by atoms with Gasteiger partial charge in [-0.3, -0.25) is 10.1 Å². The van der Waals surface area contributed by atoms with E-state index in [4.69, 9.17) is 25.8 Å². The van der Waals surface area contributed by atoms with Crippen LogP contribution in [0.2, 0.25) is 5.02 Å². The fraction of sp³-hybridized carbons (Fsp3) is 0.235. The number of nitrogens with zero attached hydrogens (tertiary/aromatic N) is 1. The van der Waals surface area contributed by atoms with Crippen molar-refractivity contribution >= 4 is 28.9 Å². The van der Waals surface area contributed by atoms with Gasteiger partial charge in [0, 0.05) is 24.9 Å². The molecular formula is C17H15ClN2O6. The van der Waals surface area contributed by atoms with Gasteiger partial charge in [-0.05, 0) is 23.8 Å². The Bertz CT molecular complexity index is 871. The molecule has 0 aromatic heterocycles. The van der Waals surface area contributed by atoms with Gasteiger partial charge in [0.15, 0.2) is 11.5 Å². The van der Waals surface area contributed by atoms with Crippen molar-refractivity contribution < 1.29 is 23.9 Å². The van der Waals surface area contributed by atoms with E-state index in [0.29, 0.717) is 41.0 Å². The third-order valence-electron chi connectivity index (χ3n) is 3.73. The zero-order valence-electron chi connectivity index (χ0n) is 13.8. The highest BCUT2D eigenvalue weighted by molar-refractivity contribution is 6.32. The highest BCUT2D eigenvalue weighted by Gasteiger charge is 2.20. The van der Waals surface area contributed by atoms with Gasteiger partial charge in [-0.15, -0.1) is 0 Å². The largest absolute Gasteiger partial charge is 0.486 e. The van der Waals surface area contributed by atoms with E-state index in [1.165, 1.54) is 18.2 Å². The molecule has 1 aliphatic heterocycles. The Balaban J connectivity index is 1.78. The molecule has 0 spiro atoms. The maximum Gasteiger partial charge on any atom is 0.340 e. The first-order chi connectivity index (χ1) is 12.5. The number of benzene rings is 2. The number of carbonyl (C=O) groups excluding carboxylic acids is 1. The van der Waals surface area contributed by atoms with Gasteiger partial charge in [0.05, 0.1) is 15.5 Å². The molecule has 0 radical (unpaired) electrons. The summed E-state index contributed by atoms with van der Waals surface area (Å²) < 4.78 is 16.2. The average molecular weight is 379 g/mol. The number of esters is 1. The Morgan fingerprint density at radius 3 is 2.81 bits per heavy atom. The van der Waals surface area contributed by atoms with E-state index in [1.807, 2.05) is 0 Å². The molecule has 0 fully saturated rings. The van der Waals surface area contributed by atoms with Crippen molar-refractivity contribution in [2.24, 2.45) is 0 Å². The van der Waals surface area contributed by atoms with Gasteiger partial charge in [0.25, 0.3) is 5.69 Å². The third kappa shape index (κ3) is 3.65. The van der Waals surface area contributed by atoms with Crippen LogP contribution in [0, 0.1) is 10.1 Å². The number of ether oxygens (including phenoxy) is 3. The SMILES string of the molecule is CNc1ccc([N+](=O)[O-])cc1C(=O)OCc1cc(Cl)c2c(c1)OCCO2. The summed E-state index contributed by atoms with van der Waals surface area (Å²) in [6.45, 7) is 0.757. The number of hydrogen-bond donors (Lipinski definition) is 1. The molecule has 1 heterocycles. The molecule has 0 saturated heterocycles. The van der Waals surface area contributed by atoms with Crippen LogP contribution in [0.3, 0.4) is 0 Å². The summed E-state index contributed by atoms with van der Waals surface area (Å²) in [4.78, 5) is 22.7. The van der Waals surface area contributed by atoms with Gasteiger partial charge in [0.2, 0.25) is 0 Å². The summed E-state index contributed by atoms with van der Waals surface area (Å²) in [5.74, 6) is 0.259. The lowest BCUT2D eigenvalue weighted by molar-refractivity contribution is -0.384. The monoisotopic (exact) mass is 378 g/mol. The minimum absolute atomic E-state index is 0.0684. The lowest BCUT2D eigenvalue weighted by atomic mass is 10.1. The van der Waals surface area contributed by atoms with Crippen molar-refractivity contribution in [1.82, 2.24) is 0 Å². The van der Waals surface area contributed by atoms with Gasteiger partial charge in [-0.1, -0.05) is 11.6 Å². The minimum atomic E-state index is -0.691. The van der Waals surface area contributed by atoms with Gasteiger partial charge in [0.1, 0.15) is 19.8 Å². The van der Waals surface area contributed by atoms with Crippen molar-refractivity contribution in [3.05, 3.63) is 56.6 Å². The quantitative estimate of drug-likeness (QED) is 0.483. The third-order valence-corrected chi connectivity index (χ3v) is 4.01. The van der Waals surface area contributed by atoms with Crippen molar-refractivity contribution in [2.75, 3.05) is 25.6 Å². The van der Waals surface area contributed by atoms with E-state index >= 15 is 0 Å². The number of rotatable bonds is 5. The van der Waals surface area contributed by atoms with Crippen LogP contribution in [0.15, 0.2) is 30.3 Å². The highest BCUT2D eigenvalue weighted by atomic mass is 35.5. The number of fused-ring (bicyclic) bond motifs is 1. The Kier molecular flexibility index (Phi) is 5.13. The molecule has 0 unspecified atom stereocenters. The van der Waals surface area contributed by atoms with Crippen LogP contribution >= 0.6 is 11.6 Å². The van der Waals surface area contributed by atoms with Crippen LogP contribution < -0.4 is 14.8 Å². The zero-order valence-corrected chi connectivity index (χ0v) is 14.5. The molecule has 136 valence electrons. The molecule has 1 aliphatic rings. The smallest absolute Gasteiger partial charge is 0.340 e. The molecule has 0 atom stereocenters. The van der Waals surface area contributed by atoms with Crippen LogP contribution in [0.4, 0.5) is 11.4 Å². The Hall–Kier alpha value is -3.00. The van der Waals surface area contributed by atoms with Crippen LogP contribution in [-0.4, -0.2) is 31.2 Å². The number of nitrogens with one attached hydrogen (secondary N) is 1. The summed E-state index contributed by atoms with van der Waals surface area (Å²) >= 11 is 6.15. The number of non-ortho nitro benzene ring substituents is 1. The first-order valence-electron chi connectivity index (χ1n) is 7.71. The molecule has 3 rings (SSSR count). The maximum absolute atomic E-state index is 12.4. The van der Waals surface area contributed by atoms with Crippen LogP contribution in [-0.2, 0) is 11.3 Å². The van der Waals surface area contributed by atoms with Crippen LogP contribution in [0.5, 0.6) is 11.5 Å². The van der Waals surface area contributed by atoms with Crippen molar-refractivity contribution in [2.45, 2.75) is 6.61 Å². The zero-order chi connectivity index (χ0) is 18.7. The molecule has 2 aromatic carbocycles. The fourth-order valence-corrected chi connectivity index (χ4v) is 2.79. The molecule has 0 saturated carbocycles. The van der Waals surface area contributed by atoms with Crippen LogP contribution in [0.1, 0.15) is 15.9 Å². The lowest BCUT2D eigenvalue weighted by Crippen LogP contribution is -2.16. The summed E-state index contributed by atoms with van der Waals surface area (Å²) in [6.07, 6.45) is 0. The second kappa shape index (κ2) is 7.49. The predicted molar refractivity (Wildman–Crippen MR) is 94.2 cm³/mol. The number of anilines is 1. The van der Waals surface area contributed by atoms with E-state index in [1.54, 1.807) is 19.2 Å². The number of carbonyl (C=O) groups is 1. The highest BCUT2D eigenvalue weighted by Crippen LogP contribution is 2.38. The van der Waals surface area contributed by atoms with Crippen LogP contribution in [0.25, 0.3) is 0 Å². The molecule has 2 aromatic rings. The molecular weight excluding hydrogens is 364 g/mol. The molecule has 1 N–H and O–H groups in total. The first-order valence-corrected chi connectivity index (χ1v) is 8.08.